The number of carbonyl (C=O) groups is 1. The van der Waals surface area contributed by atoms with Crippen molar-refractivity contribution in [3.05, 3.63) is 68.9 Å². The number of halogens is 3. The Balaban J connectivity index is 1.89. The largest absolute Gasteiger partial charge is 0.511 e. The lowest BCUT2D eigenvalue weighted by Gasteiger charge is -2.08. The van der Waals surface area contributed by atoms with Gasteiger partial charge in [0.05, 0.1) is 12.0 Å². The Bertz CT molecular complexity index is 1150. The topological polar surface area (TPSA) is 105 Å². The van der Waals surface area contributed by atoms with Crippen molar-refractivity contribution in [3.63, 3.8) is 0 Å². The van der Waals surface area contributed by atoms with Crippen LogP contribution in [0.2, 0.25) is 0 Å². The lowest BCUT2D eigenvalue weighted by atomic mass is 10.1. The molecule has 29 heavy (non-hydrogen) atoms. The summed E-state index contributed by atoms with van der Waals surface area (Å²) >= 11 is 0. The van der Waals surface area contributed by atoms with Gasteiger partial charge in [0.15, 0.2) is 11.1 Å². The number of fused-ring (bicyclic) bond motifs is 1. The molecule has 0 aliphatic heterocycles. The zero-order valence-corrected chi connectivity index (χ0v) is 15.0. The number of nitrogens with zero attached hydrogens (tertiary/aromatic N) is 3. The van der Waals surface area contributed by atoms with Crippen molar-refractivity contribution in [2.24, 2.45) is 0 Å². The van der Waals surface area contributed by atoms with E-state index in [1.807, 2.05) is 0 Å². The number of aliphatic hydroxyl groups is 1. The predicted molar refractivity (Wildman–Crippen MR) is 96.2 cm³/mol. The number of aliphatic carboxylic acids is 1. The molecule has 0 amide bonds. The van der Waals surface area contributed by atoms with Gasteiger partial charge in [-0.2, -0.15) is 18.3 Å². The molecular weight excluding hydrogens is 391 g/mol. The van der Waals surface area contributed by atoms with Crippen molar-refractivity contribution in [1.82, 2.24) is 14.6 Å². The van der Waals surface area contributed by atoms with Crippen LogP contribution in [0, 0.1) is 0 Å². The second-order valence-corrected chi connectivity index (χ2v) is 6.41. The van der Waals surface area contributed by atoms with E-state index in [0.717, 1.165) is 12.1 Å². The number of hydrogen-bond acceptors (Lipinski definition) is 5. The number of carboxylic acids is 1. The maximum absolute atomic E-state index is 12.6. The van der Waals surface area contributed by atoms with Crippen molar-refractivity contribution in [1.29, 1.82) is 0 Å². The van der Waals surface area contributed by atoms with Gasteiger partial charge in [-0.05, 0) is 30.5 Å². The number of aliphatic hydroxyl groups excluding tert-OH is 1. The third-order valence-corrected chi connectivity index (χ3v) is 4.40. The van der Waals surface area contributed by atoms with Gasteiger partial charge in [-0.1, -0.05) is 12.1 Å². The third-order valence-electron chi connectivity index (χ3n) is 4.40. The zero-order valence-electron chi connectivity index (χ0n) is 15.0. The molecule has 0 spiro atoms. The van der Waals surface area contributed by atoms with Gasteiger partial charge in [-0.15, -0.1) is 0 Å². The fourth-order valence-corrected chi connectivity index (χ4v) is 2.95. The summed E-state index contributed by atoms with van der Waals surface area (Å²) in [6.07, 6.45) is -3.11. The minimum atomic E-state index is -4.40. The van der Waals surface area contributed by atoms with E-state index in [1.165, 1.54) is 29.0 Å². The predicted octanol–water partition coefficient (Wildman–Crippen LogP) is 2.14. The van der Waals surface area contributed by atoms with Crippen LogP contribution in [0.25, 0.3) is 11.4 Å². The summed E-state index contributed by atoms with van der Waals surface area (Å²) in [5.74, 6) is -1.50. The highest BCUT2D eigenvalue weighted by Gasteiger charge is 2.29. The molecule has 0 radical (unpaired) electrons. The number of hydrogen-bond donors (Lipinski definition) is 2. The van der Waals surface area contributed by atoms with E-state index in [1.54, 1.807) is 0 Å². The quantitative estimate of drug-likeness (QED) is 0.649. The molecule has 0 aliphatic carbocycles. The molecule has 0 fully saturated rings. The van der Waals surface area contributed by atoms with Crippen molar-refractivity contribution >= 4 is 17.4 Å². The van der Waals surface area contributed by atoms with E-state index in [-0.39, 0.29) is 29.5 Å². The summed E-state index contributed by atoms with van der Waals surface area (Å²) in [5.41, 5.74) is -0.0482. The molecule has 0 unspecified atom stereocenters. The van der Waals surface area contributed by atoms with Gasteiger partial charge < -0.3 is 10.2 Å². The lowest BCUT2D eigenvalue weighted by Crippen LogP contribution is -2.31. The number of carboxylic acid groups (broad SMARTS) is 1. The molecule has 3 aromatic rings. The molecule has 0 bridgehead atoms. The van der Waals surface area contributed by atoms with Crippen molar-refractivity contribution in [2.75, 3.05) is 0 Å². The highest BCUT2D eigenvalue weighted by atomic mass is 19.4. The van der Waals surface area contributed by atoms with Crippen LogP contribution in [0.5, 0.6) is 0 Å². The maximum Gasteiger partial charge on any atom is 0.416 e. The molecule has 7 nitrogen and oxygen atoms in total. The molecule has 3 rings (SSSR count). The number of benzene rings is 1. The number of pyridine rings is 1. The van der Waals surface area contributed by atoms with Gasteiger partial charge in [-0.3, -0.25) is 9.59 Å². The SMILES string of the molecule is O=C(O)CCC(O)=c1c(=O)cc(CCc2ccc(C(F)(F)F)cc2)n2ncnc12. The smallest absolute Gasteiger partial charge is 0.416 e. The van der Waals surface area contributed by atoms with Gasteiger partial charge in [0.25, 0.3) is 0 Å². The number of rotatable bonds is 6. The summed E-state index contributed by atoms with van der Waals surface area (Å²) in [7, 11) is 0. The molecule has 2 N–H and O–H groups in total. The van der Waals surface area contributed by atoms with E-state index < -0.39 is 23.1 Å². The molecular formula is C19H16F3N3O4. The van der Waals surface area contributed by atoms with Crippen LogP contribution in [0.1, 0.15) is 29.7 Å². The van der Waals surface area contributed by atoms with Crippen molar-refractivity contribution < 1.29 is 28.2 Å². The number of alkyl halides is 3. The third kappa shape index (κ3) is 4.53. The Morgan fingerprint density at radius 3 is 2.38 bits per heavy atom. The van der Waals surface area contributed by atoms with E-state index in [9.17, 15) is 27.9 Å². The average Bonchev–Trinajstić information content (AvgIpc) is 3.13. The molecule has 0 atom stereocenters. The summed E-state index contributed by atoms with van der Waals surface area (Å²) < 4.78 is 39.3. The first-order valence-corrected chi connectivity index (χ1v) is 8.62. The molecule has 0 aliphatic rings. The summed E-state index contributed by atoms with van der Waals surface area (Å²) in [6.45, 7) is 0. The maximum atomic E-state index is 12.6. The second kappa shape index (κ2) is 7.90. The Morgan fingerprint density at radius 2 is 1.76 bits per heavy atom. The first kappa shape index (κ1) is 20.3. The van der Waals surface area contributed by atoms with E-state index >= 15 is 0 Å². The Kier molecular flexibility index (Phi) is 5.53. The van der Waals surface area contributed by atoms with Gasteiger partial charge in [-0.25, -0.2) is 9.50 Å². The van der Waals surface area contributed by atoms with E-state index in [4.69, 9.17) is 5.11 Å². The minimum absolute atomic E-state index is 0.0998. The van der Waals surface area contributed by atoms with Gasteiger partial charge in [0.1, 0.15) is 17.3 Å². The molecule has 1 aromatic carbocycles. The molecule has 10 heteroatoms. The second-order valence-electron chi connectivity index (χ2n) is 6.41. The van der Waals surface area contributed by atoms with Crippen LogP contribution in [0.15, 0.2) is 41.5 Å². The zero-order chi connectivity index (χ0) is 21.2. The molecule has 152 valence electrons. The highest BCUT2D eigenvalue weighted by molar-refractivity contribution is 5.68. The van der Waals surface area contributed by atoms with Crippen molar-refractivity contribution in [2.45, 2.75) is 31.9 Å². The molecule has 0 saturated carbocycles. The fraction of sp³-hybridized carbons (Fsp3) is 0.263. The van der Waals surface area contributed by atoms with E-state index in [2.05, 4.69) is 10.1 Å². The highest BCUT2D eigenvalue weighted by Crippen LogP contribution is 2.29. The molecule has 2 aromatic heterocycles. The Morgan fingerprint density at radius 1 is 1.07 bits per heavy atom. The van der Waals surface area contributed by atoms with Crippen LogP contribution in [-0.4, -0.2) is 30.8 Å². The Labute approximate surface area is 161 Å². The van der Waals surface area contributed by atoms with Gasteiger partial charge in [0.2, 0.25) is 0 Å². The molecule has 0 saturated heterocycles. The standard InChI is InChI=1S/C19H16F3N3O4/c20-19(21,22)12-4-1-11(2-5-12)3-6-13-9-15(27)17(14(26)7-8-16(28)29)18-23-10-24-25(13)18/h1-2,4-5,9-10,26H,3,6-8H2,(H,28,29). The summed E-state index contributed by atoms with van der Waals surface area (Å²) in [6, 6.07) is 6.01. The molecule has 2 heterocycles. The minimum Gasteiger partial charge on any atom is -0.511 e. The van der Waals surface area contributed by atoms with Crippen LogP contribution in [0.3, 0.4) is 0 Å². The van der Waals surface area contributed by atoms with Crippen molar-refractivity contribution in [3.8, 4) is 0 Å². The first-order chi connectivity index (χ1) is 13.7. The number of aryl methyl sites for hydroxylation is 2. The number of aromatic nitrogens is 3. The summed E-state index contributed by atoms with van der Waals surface area (Å²) in [4.78, 5) is 27.1. The Hall–Kier alpha value is -3.43. The fourth-order valence-electron chi connectivity index (χ4n) is 2.95. The van der Waals surface area contributed by atoms with E-state index in [0.29, 0.717) is 24.1 Å². The van der Waals surface area contributed by atoms with Crippen LogP contribution in [-0.2, 0) is 23.8 Å². The van der Waals surface area contributed by atoms with Gasteiger partial charge >= 0.3 is 12.1 Å². The van der Waals surface area contributed by atoms with Gasteiger partial charge in [0, 0.05) is 18.2 Å². The lowest BCUT2D eigenvalue weighted by molar-refractivity contribution is -0.138. The average molecular weight is 407 g/mol. The van der Waals surface area contributed by atoms with Crippen LogP contribution in [0.4, 0.5) is 13.2 Å². The normalized spacial score (nSPS) is 12.9. The summed E-state index contributed by atoms with van der Waals surface area (Å²) in [5, 5.41) is 22.8. The van der Waals surface area contributed by atoms with Crippen LogP contribution >= 0.6 is 0 Å². The van der Waals surface area contributed by atoms with Crippen LogP contribution < -0.4 is 10.6 Å². The first-order valence-electron chi connectivity index (χ1n) is 8.62. The monoisotopic (exact) mass is 407 g/mol.